The molecule has 8 heteroatoms. The van der Waals surface area contributed by atoms with Crippen LogP contribution in [0.2, 0.25) is 0 Å². The number of fused-ring (bicyclic) bond motifs is 1. The van der Waals surface area contributed by atoms with E-state index in [2.05, 4.69) is 30.2 Å². The van der Waals surface area contributed by atoms with Crippen molar-refractivity contribution >= 4 is 39.4 Å². The van der Waals surface area contributed by atoms with Crippen LogP contribution in [0.5, 0.6) is 0 Å². The fourth-order valence-electron chi connectivity index (χ4n) is 3.91. The maximum Gasteiger partial charge on any atom is 0.296 e. The van der Waals surface area contributed by atoms with Gasteiger partial charge >= 0.3 is 0 Å². The Kier molecular flexibility index (Phi) is 4.35. The van der Waals surface area contributed by atoms with E-state index in [1.165, 1.54) is 24.2 Å². The van der Waals surface area contributed by atoms with Gasteiger partial charge in [0.05, 0.1) is 17.8 Å². The van der Waals surface area contributed by atoms with Crippen molar-refractivity contribution in [1.82, 2.24) is 14.4 Å². The topological polar surface area (TPSA) is 66.1 Å². The molecule has 3 aromatic heterocycles. The summed E-state index contributed by atoms with van der Waals surface area (Å²) in [7, 11) is 0. The van der Waals surface area contributed by atoms with E-state index in [9.17, 15) is 4.79 Å². The average molecular weight is 395 g/mol. The predicted molar refractivity (Wildman–Crippen MR) is 112 cm³/mol. The first-order chi connectivity index (χ1) is 13.7. The van der Waals surface area contributed by atoms with Gasteiger partial charge in [-0.1, -0.05) is 0 Å². The monoisotopic (exact) mass is 394 g/mol. The lowest BCUT2D eigenvalue weighted by atomic mass is 10.3. The van der Waals surface area contributed by atoms with Gasteiger partial charge in [-0.15, -0.1) is 11.3 Å². The van der Waals surface area contributed by atoms with Gasteiger partial charge in [-0.2, -0.15) is 0 Å². The molecule has 0 spiro atoms. The van der Waals surface area contributed by atoms with E-state index >= 15 is 0 Å². The Morgan fingerprint density at radius 1 is 1.18 bits per heavy atom. The minimum absolute atomic E-state index is 0.233. The van der Waals surface area contributed by atoms with Crippen LogP contribution in [0.25, 0.3) is 5.52 Å². The van der Waals surface area contributed by atoms with E-state index in [0.717, 1.165) is 53.9 Å². The summed E-state index contributed by atoms with van der Waals surface area (Å²) in [6.07, 6.45) is 7.22. The molecule has 144 valence electrons. The summed E-state index contributed by atoms with van der Waals surface area (Å²) >= 11 is 1.54. The molecule has 3 aromatic rings. The minimum atomic E-state index is -0.233. The van der Waals surface area contributed by atoms with Crippen molar-refractivity contribution in [2.45, 2.75) is 26.2 Å². The highest BCUT2D eigenvalue weighted by Gasteiger charge is 2.24. The molecular formula is C20H22N6OS. The van der Waals surface area contributed by atoms with Gasteiger partial charge < -0.3 is 14.2 Å². The van der Waals surface area contributed by atoms with Crippen LogP contribution in [0.1, 0.15) is 35.4 Å². The van der Waals surface area contributed by atoms with Crippen molar-refractivity contribution < 1.29 is 4.79 Å². The molecule has 1 amide bonds. The Hall–Kier alpha value is -2.74. The van der Waals surface area contributed by atoms with Gasteiger partial charge in [-0.3, -0.25) is 4.79 Å². The number of carbonyl (C=O) groups is 1. The molecule has 28 heavy (non-hydrogen) atoms. The fourth-order valence-corrected chi connectivity index (χ4v) is 4.77. The van der Waals surface area contributed by atoms with Crippen LogP contribution in [0, 0.1) is 6.92 Å². The predicted octanol–water partition coefficient (Wildman–Crippen LogP) is 3.19. The number of hydrogen-bond acceptors (Lipinski definition) is 6. The zero-order valence-corrected chi connectivity index (χ0v) is 16.7. The summed E-state index contributed by atoms with van der Waals surface area (Å²) in [5.74, 6) is 0.719. The zero-order chi connectivity index (χ0) is 19.1. The maximum absolute atomic E-state index is 12.6. The third kappa shape index (κ3) is 3.17. The number of aromatic nitrogens is 3. The fraction of sp³-hybridized carbons (Fsp3) is 0.400. The zero-order valence-electron chi connectivity index (χ0n) is 15.8. The van der Waals surface area contributed by atoms with E-state index in [4.69, 9.17) is 4.98 Å². The first-order valence-corrected chi connectivity index (χ1v) is 10.6. The molecule has 0 unspecified atom stereocenters. The van der Waals surface area contributed by atoms with Gasteiger partial charge in [0.15, 0.2) is 10.9 Å². The Labute approximate surface area is 167 Å². The first kappa shape index (κ1) is 17.4. The van der Waals surface area contributed by atoms with Crippen LogP contribution in [0.15, 0.2) is 34.9 Å². The van der Waals surface area contributed by atoms with E-state index in [1.54, 1.807) is 0 Å². The molecule has 2 saturated heterocycles. The average Bonchev–Trinajstić information content (AvgIpc) is 3.46. The maximum atomic E-state index is 12.6. The van der Waals surface area contributed by atoms with Gasteiger partial charge in [0.25, 0.3) is 5.91 Å². The lowest BCUT2D eigenvalue weighted by Gasteiger charge is -2.17. The number of hydrogen-bond donors (Lipinski definition) is 0. The van der Waals surface area contributed by atoms with Crippen molar-refractivity contribution in [2.75, 3.05) is 36.0 Å². The third-order valence-electron chi connectivity index (χ3n) is 5.31. The van der Waals surface area contributed by atoms with Gasteiger partial charge in [0, 0.05) is 49.5 Å². The number of rotatable bonds is 3. The standard InChI is InChI=1S/C20H22N6OS/c1-14-11-25-9-4-5-17(25)18(21-14)26-10-6-15(12-26)22-19(27)16-13-28-20(23-16)24-7-2-3-8-24/h4-5,9,11,13H,2-3,6-8,10,12H2,1H3. The van der Waals surface area contributed by atoms with Crippen LogP contribution in [-0.2, 0) is 0 Å². The second kappa shape index (κ2) is 7.01. The van der Waals surface area contributed by atoms with E-state index < -0.39 is 0 Å². The second-order valence-electron chi connectivity index (χ2n) is 7.37. The largest absolute Gasteiger partial charge is 0.349 e. The summed E-state index contributed by atoms with van der Waals surface area (Å²) < 4.78 is 2.09. The highest BCUT2D eigenvalue weighted by molar-refractivity contribution is 7.13. The van der Waals surface area contributed by atoms with Gasteiger partial charge in [0.2, 0.25) is 0 Å². The SMILES string of the molecule is Cc1cn2cccc2c(N2CCC(=NC(=O)c3csc(N4CCCC4)n3)C2)n1. The highest BCUT2D eigenvalue weighted by Crippen LogP contribution is 2.26. The van der Waals surface area contributed by atoms with Gasteiger partial charge in [0.1, 0.15) is 5.69 Å². The summed E-state index contributed by atoms with van der Waals surface area (Å²) in [4.78, 5) is 30.7. The number of thiazole rings is 1. The molecule has 0 radical (unpaired) electrons. The van der Waals surface area contributed by atoms with Crippen molar-refractivity contribution in [3.8, 4) is 0 Å². The third-order valence-corrected chi connectivity index (χ3v) is 6.21. The molecule has 7 nitrogen and oxygen atoms in total. The van der Waals surface area contributed by atoms with E-state index in [0.29, 0.717) is 12.2 Å². The molecule has 2 fully saturated rings. The molecular weight excluding hydrogens is 372 g/mol. The lowest BCUT2D eigenvalue weighted by Crippen LogP contribution is -2.22. The molecule has 0 saturated carbocycles. The smallest absolute Gasteiger partial charge is 0.296 e. The number of amides is 1. The van der Waals surface area contributed by atoms with Crippen LogP contribution in [-0.4, -0.2) is 52.2 Å². The quantitative estimate of drug-likeness (QED) is 0.683. The van der Waals surface area contributed by atoms with Crippen LogP contribution < -0.4 is 9.80 Å². The summed E-state index contributed by atoms with van der Waals surface area (Å²) in [5.41, 5.74) is 3.40. The van der Waals surface area contributed by atoms with Crippen LogP contribution in [0.3, 0.4) is 0 Å². The highest BCUT2D eigenvalue weighted by atomic mass is 32.1. The lowest BCUT2D eigenvalue weighted by molar-refractivity contribution is 0.0998. The van der Waals surface area contributed by atoms with Crippen molar-refractivity contribution in [1.29, 1.82) is 0 Å². The van der Waals surface area contributed by atoms with E-state index in [-0.39, 0.29) is 5.91 Å². The van der Waals surface area contributed by atoms with Crippen molar-refractivity contribution in [3.63, 3.8) is 0 Å². The molecule has 0 aliphatic carbocycles. The molecule has 0 bridgehead atoms. The first-order valence-electron chi connectivity index (χ1n) is 9.68. The molecule has 5 heterocycles. The second-order valence-corrected chi connectivity index (χ2v) is 8.21. The number of aryl methyl sites for hydroxylation is 1. The number of carbonyl (C=O) groups excluding carboxylic acids is 1. The Balaban J connectivity index is 1.33. The molecule has 2 aliphatic heterocycles. The Morgan fingerprint density at radius 2 is 2.04 bits per heavy atom. The summed E-state index contributed by atoms with van der Waals surface area (Å²) in [6.45, 7) is 5.51. The van der Waals surface area contributed by atoms with E-state index in [1.807, 2.05) is 30.8 Å². The van der Waals surface area contributed by atoms with Crippen LogP contribution in [0.4, 0.5) is 10.9 Å². The minimum Gasteiger partial charge on any atom is -0.349 e. The molecule has 0 aromatic carbocycles. The van der Waals surface area contributed by atoms with Gasteiger partial charge in [-0.05, 0) is 31.9 Å². The van der Waals surface area contributed by atoms with Crippen LogP contribution >= 0.6 is 11.3 Å². The molecule has 0 atom stereocenters. The summed E-state index contributed by atoms with van der Waals surface area (Å²) in [6, 6.07) is 4.09. The Morgan fingerprint density at radius 3 is 2.89 bits per heavy atom. The number of aliphatic imine (C=N–C) groups is 1. The molecule has 2 aliphatic rings. The Bertz CT molecular complexity index is 1060. The molecule has 0 N–H and O–H groups in total. The van der Waals surface area contributed by atoms with Crippen molar-refractivity contribution in [2.24, 2.45) is 4.99 Å². The normalized spacial score (nSPS) is 18.7. The molecule has 5 rings (SSSR count). The number of anilines is 2. The van der Waals surface area contributed by atoms with Crippen molar-refractivity contribution in [3.05, 3.63) is 41.3 Å². The number of nitrogens with zero attached hydrogens (tertiary/aromatic N) is 6. The van der Waals surface area contributed by atoms with Gasteiger partial charge in [-0.25, -0.2) is 15.0 Å². The summed E-state index contributed by atoms with van der Waals surface area (Å²) in [5, 5.41) is 2.77.